The first-order valence-electron chi connectivity index (χ1n) is 4.81. The van der Waals surface area contributed by atoms with E-state index in [0.717, 1.165) is 4.57 Å². The van der Waals surface area contributed by atoms with Crippen LogP contribution in [0.4, 0.5) is 11.5 Å². The van der Waals surface area contributed by atoms with Crippen molar-refractivity contribution in [2.75, 3.05) is 23.9 Å². The zero-order valence-corrected chi connectivity index (χ0v) is 9.63. The first-order valence-corrected chi connectivity index (χ1v) is 4.81. The molecule has 0 fully saturated rings. The third kappa shape index (κ3) is 1.06. The Hall–Kier alpha value is -1.76. The van der Waals surface area contributed by atoms with Gasteiger partial charge in [0, 0.05) is 28.2 Å². The Balaban J connectivity index is 2.92. The molecule has 0 saturated heterocycles. The molecular weight excluding hydrogens is 212 g/mol. The summed E-state index contributed by atoms with van der Waals surface area (Å²) in [4.78, 5) is 26.5. The number of nitrogens with zero attached hydrogens (tertiary/aromatic N) is 4. The quantitative estimate of drug-likeness (QED) is 0.568. The van der Waals surface area contributed by atoms with Crippen molar-refractivity contribution in [3.05, 3.63) is 20.8 Å². The number of hydrogen-bond donors (Lipinski definition) is 1. The molecule has 1 unspecified atom stereocenters. The molecule has 7 heteroatoms. The highest BCUT2D eigenvalue weighted by Gasteiger charge is 2.35. The fourth-order valence-electron chi connectivity index (χ4n) is 2.01. The van der Waals surface area contributed by atoms with Crippen LogP contribution in [0.15, 0.2) is 9.59 Å². The van der Waals surface area contributed by atoms with Crippen LogP contribution in [-0.2, 0) is 14.1 Å². The van der Waals surface area contributed by atoms with Crippen molar-refractivity contribution in [2.45, 2.75) is 6.35 Å². The number of hydrogen-bond acceptors (Lipinski definition) is 5. The summed E-state index contributed by atoms with van der Waals surface area (Å²) < 4.78 is 2.38. The lowest BCUT2D eigenvalue weighted by atomic mass is 10.4. The van der Waals surface area contributed by atoms with Gasteiger partial charge in [0.25, 0.3) is 5.56 Å². The van der Waals surface area contributed by atoms with Gasteiger partial charge in [-0.3, -0.25) is 13.9 Å². The van der Waals surface area contributed by atoms with E-state index in [-0.39, 0.29) is 0 Å². The van der Waals surface area contributed by atoms with Gasteiger partial charge in [-0.05, 0) is 0 Å². The maximum atomic E-state index is 11.9. The Morgan fingerprint density at radius 3 is 2.12 bits per heavy atom. The van der Waals surface area contributed by atoms with Crippen LogP contribution < -0.4 is 21.0 Å². The molecule has 1 N–H and O–H groups in total. The minimum atomic E-state index is -0.921. The van der Waals surface area contributed by atoms with Gasteiger partial charge in [0.1, 0.15) is 11.5 Å². The van der Waals surface area contributed by atoms with Gasteiger partial charge in [0.15, 0.2) is 0 Å². The van der Waals surface area contributed by atoms with E-state index in [9.17, 15) is 14.7 Å². The second kappa shape index (κ2) is 3.11. The van der Waals surface area contributed by atoms with Gasteiger partial charge in [-0.1, -0.05) is 0 Å². The minimum absolute atomic E-state index is 0.333. The van der Waals surface area contributed by atoms with Gasteiger partial charge in [-0.2, -0.15) is 0 Å². The lowest BCUT2D eigenvalue weighted by Crippen LogP contribution is -2.39. The molecule has 0 bridgehead atoms. The average Bonchev–Trinajstić information content (AvgIpc) is 2.48. The molecule has 0 aliphatic carbocycles. The Morgan fingerprint density at radius 1 is 1.00 bits per heavy atom. The predicted octanol–water partition coefficient (Wildman–Crippen LogP) is -1.75. The van der Waals surface area contributed by atoms with Crippen molar-refractivity contribution in [1.29, 1.82) is 0 Å². The molecule has 0 aromatic carbocycles. The number of aromatic nitrogens is 2. The van der Waals surface area contributed by atoms with E-state index in [2.05, 4.69) is 0 Å². The van der Waals surface area contributed by atoms with Crippen molar-refractivity contribution in [3.63, 3.8) is 0 Å². The molecule has 1 atom stereocenters. The fraction of sp³-hybridized carbons (Fsp3) is 0.556. The molecule has 1 aliphatic heterocycles. The van der Waals surface area contributed by atoms with Gasteiger partial charge in [-0.15, -0.1) is 0 Å². The van der Waals surface area contributed by atoms with Gasteiger partial charge in [0.05, 0.1) is 0 Å². The summed E-state index contributed by atoms with van der Waals surface area (Å²) in [6.07, 6.45) is -0.921. The summed E-state index contributed by atoms with van der Waals surface area (Å²) in [6, 6.07) is 0. The molecule has 0 radical (unpaired) electrons. The Kier molecular flexibility index (Phi) is 2.09. The van der Waals surface area contributed by atoms with Crippen LogP contribution in [0.5, 0.6) is 0 Å². The summed E-state index contributed by atoms with van der Waals surface area (Å²) in [5, 5.41) is 9.81. The molecular formula is C9H14N4O3. The second-order valence-electron chi connectivity index (χ2n) is 3.95. The highest BCUT2D eigenvalue weighted by molar-refractivity contribution is 5.71. The molecule has 2 heterocycles. The molecule has 7 nitrogen and oxygen atoms in total. The Labute approximate surface area is 91.7 Å². The monoisotopic (exact) mass is 226 g/mol. The van der Waals surface area contributed by atoms with E-state index in [1.807, 2.05) is 0 Å². The standard InChI is InChI=1S/C9H14N4O3/c1-10-5-6(11(2)8(10)15)12(3)9(16)13(4)7(5)14/h8,15H,1-4H3. The average molecular weight is 226 g/mol. The highest BCUT2D eigenvalue weighted by atomic mass is 16.3. The molecule has 1 aromatic heterocycles. The molecule has 1 aliphatic rings. The van der Waals surface area contributed by atoms with E-state index >= 15 is 0 Å². The Morgan fingerprint density at radius 2 is 1.56 bits per heavy atom. The number of anilines is 2. The van der Waals surface area contributed by atoms with Crippen molar-refractivity contribution in [2.24, 2.45) is 14.1 Å². The van der Waals surface area contributed by atoms with E-state index in [0.29, 0.717) is 11.5 Å². The maximum Gasteiger partial charge on any atom is 0.332 e. The molecule has 0 spiro atoms. The normalized spacial score (nSPS) is 19.2. The third-order valence-electron chi connectivity index (χ3n) is 2.99. The van der Waals surface area contributed by atoms with Gasteiger partial charge < -0.3 is 14.9 Å². The largest absolute Gasteiger partial charge is 0.356 e. The zero-order chi connectivity index (χ0) is 12.2. The van der Waals surface area contributed by atoms with E-state index in [1.54, 1.807) is 21.1 Å². The predicted molar refractivity (Wildman–Crippen MR) is 59.7 cm³/mol. The van der Waals surface area contributed by atoms with Crippen molar-refractivity contribution in [3.8, 4) is 0 Å². The van der Waals surface area contributed by atoms with E-state index < -0.39 is 17.6 Å². The number of fused-ring (bicyclic) bond motifs is 1. The highest BCUT2D eigenvalue weighted by Crippen LogP contribution is 2.31. The van der Waals surface area contributed by atoms with Crippen molar-refractivity contribution in [1.82, 2.24) is 9.13 Å². The molecule has 88 valence electrons. The summed E-state index contributed by atoms with van der Waals surface area (Å²) in [7, 11) is 6.23. The van der Waals surface area contributed by atoms with Crippen LogP contribution >= 0.6 is 0 Å². The molecule has 1 aromatic rings. The van der Waals surface area contributed by atoms with Crippen LogP contribution in [0.1, 0.15) is 0 Å². The summed E-state index contributed by atoms with van der Waals surface area (Å²) in [6.45, 7) is 0. The smallest absolute Gasteiger partial charge is 0.332 e. The first kappa shape index (κ1) is 10.7. The van der Waals surface area contributed by atoms with Crippen LogP contribution in [0, 0.1) is 0 Å². The molecule has 0 saturated carbocycles. The van der Waals surface area contributed by atoms with Crippen LogP contribution in [0.2, 0.25) is 0 Å². The summed E-state index contributed by atoms with van der Waals surface area (Å²) >= 11 is 0. The van der Waals surface area contributed by atoms with Crippen molar-refractivity contribution < 1.29 is 5.11 Å². The zero-order valence-electron chi connectivity index (χ0n) is 9.63. The van der Waals surface area contributed by atoms with Crippen LogP contribution in [0.3, 0.4) is 0 Å². The van der Waals surface area contributed by atoms with E-state index in [1.165, 1.54) is 21.4 Å². The number of aliphatic hydroxyl groups is 1. The topological polar surface area (TPSA) is 70.7 Å². The molecule has 16 heavy (non-hydrogen) atoms. The number of rotatable bonds is 0. The lowest BCUT2D eigenvalue weighted by molar-refractivity contribution is 0.182. The summed E-state index contributed by atoms with van der Waals surface area (Å²) in [5.74, 6) is 0.433. The third-order valence-corrected chi connectivity index (χ3v) is 2.99. The van der Waals surface area contributed by atoms with Crippen LogP contribution in [-0.4, -0.2) is 34.7 Å². The minimum Gasteiger partial charge on any atom is -0.356 e. The van der Waals surface area contributed by atoms with Gasteiger partial charge in [0.2, 0.25) is 6.35 Å². The maximum absolute atomic E-state index is 11.9. The second-order valence-corrected chi connectivity index (χ2v) is 3.95. The van der Waals surface area contributed by atoms with E-state index in [4.69, 9.17) is 0 Å². The first-order chi connectivity index (χ1) is 7.37. The van der Waals surface area contributed by atoms with Gasteiger partial charge >= 0.3 is 5.69 Å². The number of aliphatic hydroxyl groups excluding tert-OH is 1. The molecule has 2 rings (SSSR count). The fourth-order valence-corrected chi connectivity index (χ4v) is 2.01. The van der Waals surface area contributed by atoms with Gasteiger partial charge in [-0.25, -0.2) is 4.79 Å². The SMILES string of the molecule is CN1c2c(n(C)c(=O)n(C)c2=O)N(C)C1O. The summed E-state index contributed by atoms with van der Waals surface area (Å²) in [5.41, 5.74) is -0.471. The Bertz CT molecular complexity index is 559. The molecule has 0 amide bonds. The lowest BCUT2D eigenvalue weighted by Gasteiger charge is -2.21. The van der Waals surface area contributed by atoms with Crippen molar-refractivity contribution >= 4 is 11.5 Å². The van der Waals surface area contributed by atoms with Crippen LogP contribution in [0.25, 0.3) is 0 Å².